The van der Waals surface area contributed by atoms with Crippen LogP contribution >= 0.6 is 11.6 Å². The maximum absolute atomic E-state index is 13.7. The zero-order valence-electron chi connectivity index (χ0n) is 10.4. The highest BCUT2D eigenvalue weighted by molar-refractivity contribution is 6.32. The molecule has 3 atom stereocenters. The molecular weight excluding hydrogens is 269 g/mol. The fourth-order valence-electron chi connectivity index (χ4n) is 3.30. The molecule has 0 aliphatic heterocycles. The summed E-state index contributed by atoms with van der Waals surface area (Å²) in [5, 5.41) is 0.234. The summed E-state index contributed by atoms with van der Waals surface area (Å²) in [5.74, 6) is 0.0890. The molecule has 0 heterocycles. The maximum Gasteiger partial charge on any atom is 0.251 e. The minimum atomic E-state index is -0.828. The Hall–Kier alpha value is -1.29. The van der Waals surface area contributed by atoms with Crippen molar-refractivity contribution < 1.29 is 13.9 Å². The second kappa shape index (κ2) is 4.67. The van der Waals surface area contributed by atoms with Crippen LogP contribution in [0.15, 0.2) is 12.1 Å². The van der Waals surface area contributed by atoms with Gasteiger partial charge in [-0.25, -0.2) is 4.39 Å². The van der Waals surface area contributed by atoms with Crippen LogP contribution < -0.4 is 10.5 Å². The minimum Gasteiger partial charge on any atom is -0.488 e. The minimum absolute atomic E-state index is 0.120. The lowest BCUT2D eigenvalue weighted by Crippen LogP contribution is -2.24. The van der Waals surface area contributed by atoms with E-state index in [-0.39, 0.29) is 16.7 Å². The first-order valence-corrected chi connectivity index (χ1v) is 6.88. The van der Waals surface area contributed by atoms with Gasteiger partial charge in [0.25, 0.3) is 5.91 Å². The van der Waals surface area contributed by atoms with Gasteiger partial charge in [0.2, 0.25) is 0 Å². The van der Waals surface area contributed by atoms with Crippen molar-refractivity contribution in [1.29, 1.82) is 0 Å². The van der Waals surface area contributed by atoms with Crippen LogP contribution in [0.4, 0.5) is 4.39 Å². The number of ether oxygens (including phenoxy) is 1. The molecule has 0 radical (unpaired) electrons. The first-order chi connectivity index (χ1) is 9.04. The lowest BCUT2D eigenvalue weighted by molar-refractivity contribution is 0.0996. The molecular formula is C14H15ClFNO2. The summed E-state index contributed by atoms with van der Waals surface area (Å²) in [6.45, 7) is 0. The number of amides is 1. The maximum atomic E-state index is 13.7. The van der Waals surface area contributed by atoms with E-state index in [0.29, 0.717) is 11.7 Å². The van der Waals surface area contributed by atoms with Gasteiger partial charge < -0.3 is 10.5 Å². The molecule has 2 saturated carbocycles. The highest BCUT2D eigenvalue weighted by Gasteiger charge is 2.41. The fourth-order valence-corrected chi connectivity index (χ4v) is 3.51. The molecule has 0 saturated heterocycles. The summed E-state index contributed by atoms with van der Waals surface area (Å²) >= 11 is 6.03. The van der Waals surface area contributed by atoms with Crippen LogP contribution in [-0.4, -0.2) is 12.0 Å². The molecule has 0 spiro atoms. The number of carbonyl (C=O) groups excluding carboxylic acids is 1. The molecule has 2 fully saturated rings. The molecule has 3 unspecified atom stereocenters. The van der Waals surface area contributed by atoms with Gasteiger partial charge in [0.05, 0.1) is 10.6 Å². The van der Waals surface area contributed by atoms with E-state index in [1.807, 2.05) is 0 Å². The summed E-state index contributed by atoms with van der Waals surface area (Å²) in [5.41, 5.74) is 4.86. The number of rotatable bonds is 3. The molecule has 102 valence electrons. The SMILES string of the molecule is NC(=O)c1cc(Cl)c(OC2CC3CCC2C3)cc1F. The molecule has 3 rings (SSSR count). The molecule has 5 heteroatoms. The van der Waals surface area contributed by atoms with Crippen molar-refractivity contribution in [3.63, 3.8) is 0 Å². The zero-order valence-corrected chi connectivity index (χ0v) is 11.1. The van der Waals surface area contributed by atoms with Crippen LogP contribution in [0.1, 0.15) is 36.0 Å². The molecule has 2 bridgehead atoms. The van der Waals surface area contributed by atoms with Crippen LogP contribution in [0.5, 0.6) is 5.75 Å². The van der Waals surface area contributed by atoms with Crippen molar-refractivity contribution in [1.82, 2.24) is 0 Å². The van der Waals surface area contributed by atoms with E-state index in [9.17, 15) is 9.18 Å². The molecule has 1 aromatic carbocycles. The Balaban J connectivity index is 1.81. The van der Waals surface area contributed by atoms with E-state index in [1.54, 1.807) is 0 Å². The van der Waals surface area contributed by atoms with Crippen molar-refractivity contribution in [2.24, 2.45) is 17.6 Å². The highest BCUT2D eigenvalue weighted by Crippen LogP contribution is 2.46. The van der Waals surface area contributed by atoms with Crippen molar-refractivity contribution in [3.05, 3.63) is 28.5 Å². The third kappa shape index (κ3) is 2.29. The molecule has 1 aromatic rings. The number of hydrogen-bond acceptors (Lipinski definition) is 2. The molecule has 2 aliphatic carbocycles. The first-order valence-electron chi connectivity index (χ1n) is 6.50. The Labute approximate surface area is 115 Å². The molecule has 2 N–H and O–H groups in total. The second-order valence-corrected chi connectivity index (χ2v) is 5.87. The summed E-state index contributed by atoms with van der Waals surface area (Å²) in [7, 11) is 0. The van der Waals surface area contributed by atoms with E-state index < -0.39 is 11.7 Å². The van der Waals surface area contributed by atoms with Gasteiger partial charge in [-0.1, -0.05) is 11.6 Å². The average molecular weight is 284 g/mol. The summed E-state index contributed by atoms with van der Waals surface area (Å²) < 4.78 is 19.5. The molecule has 2 aliphatic rings. The van der Waals surface area contributed by atoms with E-state index in [2.05, 4.69) is 0 Å². The van der Waals surface area contributed by atoms with Crippen LogP contribution in [0, 0.1) is 17.7 Å². The Morgan fingerprint density at radius 2 is 2.16 bits per heavy atom. The molecule has 19 heavy (non-hydrogen) atoms. The monoisotopic (exact) mass is 283 g/mol. The predicted molar refractivity (Wildman–Crippen MR) is 69.8 cm³/mol. The molecule has 0 aromatic heterocycles. The number of carbonyl (C=O) groups is 1. The lowest BCUT2D eigenvalue weighted by atomic mass is 9.98. The van der Waals surface area contributed by atoms with E-state index in [4.69, 9.17) is 22.1 Å². The highest BCUT2D eigenvalue weighted by atomic mass is 35.5. The summed E-state index contributed by atoms with van der Waals surface area (Å²) in [6, 6.07) is 2.40. The van der Waals surface area contributed by atoms with Crippen molar-refractivity contribution in [2.45, 2.75) is 31.8 Å². The van der Waals surface area contributed by atoms with Gasteiger partial charge in [0.15, 0.2) is 0 Å². The van der Waals surface area contributed by atoms with Gasteiger partial charge in [0.1, 0.15) is 17.7 Å². The van der Waals surface area contributed by atoms with Gasteiger partial charge in [-0.3, -0.25) is 4.79 Å². The predicted octanol–water partition coefficient (Wildman–Crippen LogP) is 3.15. The second-order valence-electron chi connectivity index (χ2n) is 5.46. The van der Waals surface area contributed by atoms with Gasteiger partial charge in [-0.15, -0.1) is 0 Å². The summed E-state index contributed by atoms with van der Waals surface area (Å²) in [4.78, 5) is 11.0. The third-order valence-corrected chi connectivity index (χ3v) is 4.53. The smallest absolute Gasteiger partial charge is 0.251 e. The fraction of sp³-hybridized carbons (Fsp3) is 0.500. The number of fused-ring (bicyclic) bond motifs is 2. The van der Waals surface area contributed by atoms with Crippen LogP contribution in [-0.2, 0) is 0 Å². The average Bonchev–Trinajstić information content (AvgIpc) is 2.95. The Morgan fingerprint density at radius 3 is 2.74 bits per heavy atom. The summed E-state index contributed by atoms with van der Waals surface area (Å²) in [6.07, 6.45) is 4.78. The standard InChI is InChI=1S/C14H15ClFNO2/c15-10-5-9(14(17)18)11(16)6-13(10)19-12-4-7-1-2-8(12)3-7/h5-8,12H,1-4H2,(H2,17,18). The van der Waals surface area contributed by atoms with E-state index in [0.717, 1.165) is 18.4 Å². The quantitative estimate of drug-likeness (QED) is 0.926. The number of primary amides is 1. The van der Waals surface area contributed by atoms with Gasteiger partial charge in [0, 0.05) is 6.07 Å². The first kappa shape index (κ1) is 12.7. The third-order valence-electron chi connectivity index (χ3n) is 4.24. The van der Waals surface area contributed by atoms with Crippen LogP contribution in [0.25, 0.3) is 0 Å². The topological polar surface area (TPSA) is 52.3 Å². The number of nitrogens with two attached hydrogens (primary N) is 1. The largest absolute Gasteiger partial charge is 0.488 e. The number of hydrogen-bond donors (Lipinski definition) is 1. The van der Waals surface area contributed by atoms with Gasteiger partial charge >= 0.3 is 0 Å². The van der Waals surface area contributed by atoms with Crippen LogP contribution in [0.2, 0.25) is 5.02 Å². The van der Waals surface area contributed by atoms with Crippen LogP contribution in [0.3, 0.4) is 0 Å². The van der Waals surface area contributed by atoms with Crippen molar-refractivity contribution in [2.75, 3.05) is 0 Å². The van der Waals surface area contributed by atoms with Gasteiger partial charge in [-0.05, 0) is 43.6 Å². The number of benzene rings is 1. The van der Waals surface area contributed by atoms with Crippen molar-refractivity contribution in [3.8, 4) is 5.75 Å². The lowest BCUT2D eigenvalue weighted by Gasteiger charge is -2.23. The number of halogens is 2. The van der Waals surface area contributed by atoms with Gasteiger partial charge in [-0.2, -0.15) is 0 Å². The Morgan fingerprint density at radius 1 is 1.37 bits per heavy atom. The zero-order chi connectivity index (χ0) is 13.6. The van der Waals surface area contributed by atoms with E-state index in [1.165, 1.54) is 25.3 Å². The molecule has 3 nitrogen and oxygen atoms in total. The normalized spacial score (nSPS) is 28.6. The van der Waals surface area contributed by atoms with E-state index >= 15 is 0 Å². The Bertz CT molecular complexity index is 534. The van der Waals surface area contributed by atoms with Crippen molar-refractivity contribution >= 4 is 17.5 Å². The molecule has 1 amide bonds. The Kier molecular flexibility index (Phi) is 3.13.